The normalized spacial score (nSPS) is 11.2. The fourth-order valence-electron chi connectivity index (χ4n) is 2.37. The number of rotatable bonds is 6. The third-order valence-corrected chi connectivity index (χ3v) is 3.59. The second kappa shape index (κ2) is 8.02. The maximum atomic E-state index is 12.7. The first kappa shape index (κ1) is 17.4. The molecule has 0 unspecified atom stereocenters. The van der Waals surface area contributed by atoms with E-state index in [1.54, 1.807) is 30.0 Å². The van der Waals surface area contributed by atoms with Gasteiger partial charge < -0.3 is 14.4 Å². The molecule has 0 spiro atoms. The van der Waals surface area contributed by atoms with E-state index < -0.39 is 6.10 Å². The number of benzene rings is 2. The van der Waals surface area contributed by atoms with Crippen molar-refractivity contribution < 1.29 is 14.3 Å². The van der Waals surface area contributed by atoms with Gasteiger partial charge in [-0.25, -0.2) is 0 Å². The van der Waals surface area contributed by atoms with Gasteiger partial charge in [0.2, 0.25) is 0 Å². The average Bonchev–Trinajstić information content (AvgIpc) is 2.63. The number of nitriles is 1. The first-order valence-corrected chi connectivity index (χ1v) is 7.72. The molecule has 24 heavy (non-hydrogen) atoms. The summed E-state index contributed by atoms with van der Waals surface area (Å²) >= 11 is 0. The highest BCUT2D eigenvalue weighted by atomic mass is 16.5. The van der Waals surface area contributed by atoms with Gasteiger partial charge in [0.05, 0.1) is 18.7 Å². The molecule has 0 aliphatic heterocycles. The van der Waals surface area contributed by atoms with Crippen LogP contribution in [-0.2, 0) is 4.79 Å². The number of amides is 1. The van der Waals surface area contributed by atoms with E-state index in [9.17, 15) is 4.79 Å². The van der Waals surface area contributed by atoms with Crippen LogP contribution in [0.5, 0.6) is 11.5 Å². The lowest BCUT2D eigenvalue weighted by Gasteiger charge is -2.25. The molecular formula is C19H20N2O3. The molecule has 2 rings (SSSR count). The molecular weight excluding hydrogens is 304 g/mol. The molecule has 0 radical (unpaired) electrons. The van der Waals surface area contributed by atoms with Crippen molar-refractivity contribution in [3.63, 3.8) is 0 Å². The summed E-state index contributed by atoms with van der Waals surface area (Å²) in [5, 5.41) is 8.94. The number of nitrogens with zero attached hydrogens (tertiary/aromatic N) is 2. The van der Waals surface area contributed by atoms with Crippen LogP contribution in [-0.4, -0.2) is 25.7 Å². The molecule has 0 aliphatic rings. The van der Waals surface area contributed by atoms with Gasteiger partial charge in [0.15, 0.2) is 17.6 Å². The topological polar surface area (TPSA) is 62.6 Å². The molecule has 5 nitrogen and oxygen atoms in total. The van der Waals surface area contributed by atoms with Gasteiger partial charge in [-0.2, -0.15) is 5.26 Å². The Bertz CT molecular complexity index is 738. The number of carbonyl (C=O) groups is 1. The number of carbonyl (C=O) groups excluding carboxylic acids is 1. The maximum Gasteiger partial charge on any atom is 0.267 e. The molecule has 5 heteroatoms. The zero-order valence-electron chi connectivity index (χ0n) is 14.0. The van der Waals surface area contributed by atoms with E-state index in [0.717, 1.165) is 5.69 Å². The maximum absolute atomic E-state index is 12.7. The lowest BCUT2D eigenvalue weighted by atomic mass is 10.2. The number of hydrogen-bond donors (Lipinski definition) is 0. The van der Waals surface area contributed by atoms with Gasteiger partial charge >= 0.3 is 0 Å². The molecule has 2 aromatic carbocycles. The van der Waals surface area contributed by atoms with Crippen LogP contribution in [0.15, 0.2) is 48.5 Å². The minimum Gasteiger partial charge on any atom is -0.493 e. The fourth-order valence-corrected chi connectivity index (χ4v) is 2.37. The molecule has 0 N–H and O–H groups in total. The highest BCUT2D eigenvalue weighted by Gasteiger charge is 2.23. The van der Waals surface area contributed by atoms with Crippen molar-refractivity contribution in [2.75, 3.05) is 18.6 Å². The molecule has 1 amide bonds. The quantitative estimate of drug-likeness (QED) is 0.817. The standard InChI is InChI=1S/C19H20N2O3/c1-4-21(16-8-6-5-7-9-16)19(22)14(2)24-17-11-10-15(13-20)12-18(17)23-3/h5-12,14H,4H2,1-3H3/t14-/m1/s1. The highest BCUT2D eigenvalue weighted by molar-refractivity contribution is 5.96. The second-order valence-electron chi connectivity index (χ2n) is 5.16. The first-order chi connectivity index (χ1) is 11.6. The number of anilines is 1. The van der Waals surface area contributed by atoms with E-state index in [1.165, 1.54) is 7.11 Å². The van der Waals surface area contributed by atoms with Crippen molar-refractivity contribution >= 4 is 11.6 Å². The molecule has 2 aromatic rings. The zero-order chi connectivity index (χ0) is 17.5. The van der Waals surface area contributed by atoms with Gasteiger partial charge in [0.25, 0.3) is 5.91 Å². The van der Waals surface area contributed by atoms with Crippen LogP contribution in [0.1, 0.15) is 19.4 Å². The van der Waals surface area contributed by atoms with Crippen LogP contribution in [0.4, 0.5) is 5.69 Å². The Morgan fingerprint density at radius 3 is 2.50 bits per heavy atom. The molecule has 1 atom stereocenters. The summed E-state index contributed by atoms with van der Waals surface area (Å²) in [6.07, 6.45) is -0.688. The van der Waals surface area contributed by atoms with Crippen LogP contribution in [0.3, 0.4) is 0 Å². The number of ether oxygens (including phenoxy) is 2. The summed E-state index contributed by atoms with van der Waals surface area (Å²) < 4.78 is 11.0. The molecule has 0 aromatic heterocycles. The molecule has 0 saturated carbocycles. The van der Waals surface area contributed by atoms with Gasteiger partial charge in [-0.1, -0.05) is 18.2 Å². The second-order valence-corrected chi connectivity index (χ2v) is 5.16. The number of likely N-dealkylation sites (N-methyl/N-ethyl adjacent to an activating group) is 1. The van der Waals surface area contributed by atoms with Gasteiger partial charge in [-0.15, -0.1) is 0 Å². The first-order valence-electron chi connectivity index (χ1n) is 7.72. The van der Waals surface area contributed by atoms with E-state index in [1.807, 2.05) is 43.3 Å². The summed E-state index contributed by atoms with van der Waals surface area (Å²) in [4.78, 5) is 14.4. The minimum atomic E-state index is -0.688. The summed E-state index contributed by atoms with van der Waals surface area (Å²) in [5.74, 6) is 0.716. The minimum absolute atomic E-state index is 0.143. The van der Waals surface area contributed by atoms with Crippen LogP contribution in [0.25, 0.3) is 0 Å². The molecule has 124 valence electrons. The van der Waals surface area contributed by atoms with Crippen LogP contribution < -0.4 is 14.4 Å². The Hall–Kier alpha value is -3.00. The van der Waals surface area contributed by atoms with Crippen molar-refractivity contribution in [3.05, 3.63) is 54.1 Å². The average molecular weight is 324 g/mol. The lowest BCUT2D eigenvalue weighted by molar-refractivity contribution is -0.124. The fraction of sp³-hybridized carbons (Fsp3) is 0.263. The highest BCUT2D eigenvalue weighted by Crippen LogP contribution is 2.29. The Labute approximate surface area is 142 Å². The Balaban J connectivity index is 2.18. The SMILES string of the molecule is CCN(C(=O)[C@@H](C)Oc1ccc(C#N)cc1OC)c1ccccc1. The van der Waals surface area contributed by atoms with Gasteiger partial charge in [0.1, 0.15) is 0 Å². The Morgan fingerprint density at radius 2 is 1.92 bits per heavy atom. The monoisotopic (exact) mass is 324 g/mol. The van der Waals surface area contributed by atoms with Crippen molar-refractivity contribution in [1.82, 2.24) is 0 Å². The summed E-state index contributed by atoms with van der Waals surface area (Å²) in [6.45, 7) is 4.16. The number of hydrogen-bond acceptors (Lipinski definition) is 4. The van der Waals surface area contributed by atoms with E-state index >= 15 is 0 Å². The zero-order valence-corrected chi connectivity index (χ0v) is 14.0. The van der Waals surface area contributed by atoms with Crippen molar-refractivity contribution in [1.29, 1.82) is 5.26 Å². The predicted octanol–water partition coefficient (Wildman–Crippen LogP) is 3.39. The summed E-state index contributed by atoms with van der Waals surface area (Å²) in [5.41, 5.74) is 1.30. The van der Waals surface area contributed by atoms with Crippen LogP contribution in [0, 0.1) is 11.3 Å². The molecule has 0 bridgehead atoms. The smallest absolute Gasteiger partial charge is 0.267 e. The van der Waals surface area contributed by atoms with Crippen molar-refractivity contribution in [3.8, 4) is 17.6 Å². The number of methoxy groups -OCH3 is 1. The largest absolute Gasteiger partial charge is 0.493 e. The van der Waals surface area contributed by atoms with Gasteiger partial charge in [-0.3, -0.25) is 4.79 Å². The van der Waals surface area contributed by atoms with Crippen molar-refractivity contribution in [2.45, 2.75) is 20.0 Å². The van der Waals surface area contributed by atoms with Gasteiger partial charge in [-0.05, 0) is 38.1 Å². The van der Waals surface area contributed by atoms with E-state index in [2.05, 4.69) is 0 Å². The molecule has 0 aliphatic carbocycles. The molecule has 0 heterocycles. The third kappa shape index (κ3) is 3.85. The number of para-hydroxylation sites is 1. The lowest BCUT2D eigenvalue weighted by Crippen LogP contribution is -2.40. The molecule has 0 fully saturated rings. The van der Waals surface area contributed by atoms with Crippen LogP contribution >= 0.6 is 0 Å². The van der Waals surface area contributed by atoms with Gasteiger partial charge in [0, 0.05) is 18.3 Å². The summed E-state index contributed by atoms with van der Waals surface area (Å²) in [7, 11) is 1.50. The van der Waals surface area contributed by atoms with Crippen molar-refractivity contribution in [2.24, 2.45) is 0 Å². The van der Waals surface area contributed by atoms with E-state index in [-0.39, 0.29) is 5.91 Å². The predicted molar refractivity (Wildman–Crippen MR) is 92.3 cm³/mol. The Morgan fingerprint density at radius 1 is 1.21 bits per heavy atom. The van der Waals surface area contributed by atoms with E-state index in [0.29, 0.717) is 23.6 Å². The van der Waals surface area contributed by atoms with Crippen LogP contribution in [0.2, 0.25) is 0 Å². The van der Waals surface area contributed by atoms with E-state index in [4.69, 9.17) is 14.7 Å². The molecule has 0 saturated heterocycles. The third-order valence-electron chi connectivity index (χ3n) is 3.59. The summed E-state index contributed by atoms with van der Waals surface area (Å²) in [6, 6.07) is 16.4. The Kier molecular flexibility index (Phi) is 5.80.